The van der Waals surface area contributed by atoms with Gasteiger partial charge in [-0.1, -0.05) is 0 Å². The molecule has 0 radical (unpaired) electrons. The van der Waals surface area contributed by atoms with Gasteiger partial charge in [-0.2, -0.15) is 4.39 Å². The summed E-state index contributed by atoms with van der Waals surface area (Å²) in [6, 6.07) is 3.39. The van der Waals surface area contributed by atoms with E-state index in [9.17, 15) is 19.3 Å². The zero-order valence-electron chi connectivity index (χ0n) is 10.3. The lowest BCUT2D eigenvalue weighted by Gasteiger charge is -2.14. The summed E-state index contributed by atoms with van der Waals surface area (Å²) < 4.78 is 18.6. The molecule has 0 heterocycles. The molecule has 1 unspecified atom stereocenters. The number of rotatable bonds is 5. The molecule has 1 atom stereocenters. The van der Waals surface area contributed by atoms with E-state index in [0.29, 0.717) is 0 Å². The number of nitrogens with zero attached hydrogens (tertiary/aromatic N) is 1. The van der Waals surface area contributed by atoms with E-state index in [1.165, 1.54) is 13.0 Å². The Bertz CT molecular complexity index is 516. The lowest BCUT2D eigenvalue weighted by atomic mass is 10.3. The second kappa shape index (κ2) is 5.21. The van der Waals surface area contributed by atoms with Gasteiger partial charge in [0.05, 0.1) is 4.92 Å². The molecule has 1 N–H and O–H groups in total. The summed E-state index contributed by atoms with van der Waals surface area (Å²) in [4.78, 5) is 21.3. The number of amides is 1. The van der Waals surface area contributed by atoms with Gasteiger partial charge in [-0.05, 0) is 25.8 Å². The Kier molecular flexibility index (Phi) is 3.64. The Morgan fingerprint density at radius 3 is 2.79 bits per heavy atom. The Hall–Kier alpha value is -2.18. The zero-order chi connectivity index (χ0) is 14.0. The summed E-state index contributed by atoms with van der Waals surface area (Å²) in [5.41, 5.74) is -0.623. The molecule has 1 amide bonds. The second-order valence-electron chi connectivity index (χ2n) is 4.41. The first-order valence-corrected chi connectivity index (χ1v) is 5.88. The number of carbonyl (C=O) groups excluding carboxylic acids is 1. The summed E-state index contributed by atoms with van der Waals surface area (Å²) in [6.45, 7) is 1.54. The molecule has 1 aliphatic rings. The predicted octanol–water partition coefficient (Wildman–Crippen LogP) is 1.78. The summed E-state index contributed by atoms with van der Waals surface area (Å²) in [6.07, 6.45) is 1.15. The lowest BCUT2D eigenvalue weighted by molar-refractivity contribution is -0.387. The molecule has 2 rings (SSSR count). The molecule has 0 aromatic heterocycles. The number of nitrogens with one attached hydrogen (secondary N) is 1. The van der Waals surface area contributed by atoms with Gasteiger partial charge in [-0.15, -0.1) is 0 Å². The van der Waals surface area contributed by atoms with Crippen LogP contribution < -0.4 is 10.1 Å². The molecule has 0 bridgehead atoms. The van der Waals surface area contributed by atoms with Gasteiger partial charge in [0.2, 0.25) is 5.82 Å². The van der Waals surface area contributed by atoms with Crippen molar-refractivity contribution in [3.8, 4) is 5.75 Å². The first-order valence-electron chi connectivity index (χ1n) is 5.88. The highest BCUT2D eigenvalue weighted by atomic mass is 19.1. The fourth-order valence-corrected chi connectivity index (χ4v) is 1.51. The van der Waals surface area contributed by atoms with Crippen LogP contribution >= 0.6 is 0 Å². The molecule has 6 nitrogen and oxygen atoms in total. The molecular weight excluding hydrogens is 255 g/mol. The van der Waals surface area contributed by atoms with Crippen molar-refractivity contribution in [2.75, 3.05) is 0 Å². The summed E-state index contributed by atoms with van der Waals surface area (Å²) in [7, 11) is 0. The minimum absolute atomic E-state index is 0.0848. The third-order valence-corrected chi connectivity index (χ3v) is 2.72. The highest BCUT2D eigenvalue weighted by Crippen LogP contribution is 2.23. The van der Waals surface area contributed by atoms with Gasteiger partial charge in [-0.3, -0.25) is 14.9 Å². The number of halogens is 1. The fraction of sp³-hybridized carbons (Fsp3) is 0.417. The highest BCUT2D eigenvalue weighted by Gasteiger charge is 2.26. The van der Waals surface area contributed by atoms with Gasteiger partial charge in [0.25, 0.3) is 5.91 Å². The predicted molar refractivity (Wildman–Crippen MR) is 64.3 cm³/mol. The maximum absolute atomic E-state index is 13.4. The lowest BCUT2D eigenvalue weighted by Crippen LogP contribution is -2.37. The minimum Gasteiger partial charge on any atom is -0.481 e. The first kappa shape index (κ1) is 13.3. The fourth-order valence-electron chi connectivity index (χ4n) is 1.51. The van der Waals surface area contributed by atoms with Gasteiger partial charge >= 0.3 is 5.69 Å². The topological polar surface area (TPSA) is 81.5 Å². The average Bonchev–Trinajstić information content (AvgIpc) is 3.12. The van der Waals surface area contributed by atoms with Gasteiger partial charge in [0, 0.05) is 18.2 Å². The van der Waals surface area contributed by atoms with Crippen LogP contribution in [-0.2, 0) is 4.79 Å². The van der Waals surface area contributed by atoms with Crippen molar-refractivity contribution in [3.63, 3.8) is 0 Å². The van der Waals surface area contributed by atoms with Crippen LogP contribution in [0, 0.1) is 15.9 Å². The van der Waals surface area contributed by atoms with E-state index in [0.717, 1.165) is 25.0 Å². The molecule has 0 spiro atoms. The molecule has 0 saturated heterocycles. The standard InChI is InChI=1S/C12H13FN2O4/c1-7(12(16)14-8-2-3-8)19-9-4-5-11(15(17)18)10(13)6-9/h4-8H,2-3H2,1H3,(H,14,16). The van der Waals surface area contributed by atoms with Crippen LogP contribution in [0.15, 0.2) is 18.2 Å². The number of hydrogen-bond donors (Lipinski definition) is 1. The van der Waals surface area contributed by atoms with E-state index >= 15 is 0 Å². The molecule has 1 saturated carbocycles. The number of carbonyl (C=O) groups is 1. The normalized spacial score (nSPS) is 15.7. The van der Waals surface area contributed by atoms with Crippen LogP contribution in [-0.4, -0.2) is 23.0 Å². The Morgan fingerprint density at radius 2 is 2.26 bits per heavy atom. The quantitative estimate of drug-likeness (QED) is 0.652. The van der Waals surface area contributed by atoms with Gasteiger partial charge < -0.3 is 10.1 Å². The number of benzene rings is 1. The highest BCUT2D eigenvalue weighted by molar-refractivity contribution is 5.81. The number of ether oxygens (including phenoxy) is 1. The van der Waals surface area contributed by atoms with Crippen LogP contribution in [0.5, 0.6) is 5.75 Å². The minimum atomic E-state index is -0.989. The van der Waals surface area contributed by atoms with E-state index in [1.54, 1.807) is 0 Å². The second-order valence-corrected chi connectivity index (χ2v) is 4.41. The summed E-state index contributed by atoms with van der Waals surface area (Å²) >= 11 is 0. The molecule has 1 aromatic carbocycles. The van der Waals surface area contributed by atoms with E-state index < -0.39 is 22.5 Å². The summed E-state index contributed by atoms with van der Waals surface area (Å²) in [5, 5.41) is 13.2. The van der Waals surface area contributed by atoms with E-state index in [-0.39, 0.29) is 17.7 Å². The molecule has 1 aliphatic carbocycles. The maximum Gasteiger partial charge on any atom is 0.305 e. The first-order chi connectivity index (χ1) is 8.97. The number of nitro groups is 1. The molecule has 19 heavy (non-hydrogen) atoms. The smallest absolute Gasteiger partial charge is 0.305 e. The van der Waals surface area contributed by atoms with Gasteiger partial charge in [-0.25, -0.2) is 0 Å². The van der Waals surface area contributed by atoms with E-state index in [4.69, 9.17) is 4.74 Å². The average molecular weight is 268 g/mol. The van der Waals surface area contributed by atoms with Crippen LogP contribution in [0.4, 0.5) is 10.1 Å². The van der Waals surface area contributed by atoms with E-state index in [1.807, 2.05) is 0 Å². The molecule has 102 valence electrons. The van der Waals surface area contributed by atoms with Crippen molar-refractivity contribution in [2.45, 2.75) is 31.9 Å². The van der Waals surface area contributed by atoms with Crippen molar-refractivity contribution in [1.29, 1.82) is 0 Å². The molecule has 7 heteroatoms. The van der Waals surface area contributed by atoms with Crippen molar-refractivity contribution >= 4 is 11.6 Å². The third kappa shape index (κ3) is 3.40. The van der Waals surface area contributed by atoms with Gasteiger partial charge in [0.15, 0.2) is 6.10 Å². The van der Waals surface area contributed by atoms with Crippen LogP contribution in [0.3, 0.4) is 0 Å². The van der Waals surface area contributed by atoms with Crippen LogP contribution in [0.1, 0.15) is 19.8 Å². The van der Waals surface area contributed by atoms with Gasteiger partial charge in [0.1, 0.15) is 5.75 Å². The Balaban J connectivity index is 1.99. The van der Waals surface area contributed by atoms with Crippen molar-refractivity contribution in [1.82, 2.24) is 5.32 Å². The van der Waals surface area contributed by atoms with Crippen LogP contribution in [0.25, 0.3) is 0 Å². The molecular formula is C12H13FN2O4. The monoisotopic (exact) mass is 268 g/mol. The number of hydrogen-bond acceptors (Lipinski definition) is 4. The zero-order valence-corrected chi connectivity index (χ0v) is 10.3. The summed E-state index contributed by atoms with van der Waals surface area (Å²) in [5.74, 6) is -1.18. The third-order valence-electron chi connectivity index (χ3n) is 2.72. The van der Waals surface area contributed by atoms with Crippen molar-refractivity contribution < 1.29 is 18.8 Å². The molecule has 1 aromatic rings. The maximum atomic E-state index is 13.4. The Morgan fingerprint density at radius 1 is 1.58 bits per heavy atom. The number of nitro benzene ring substituents is 1. The largest absolute Gasteiger partial charge is 0.481 e. The Labute approximate surface area is 108 Å². The van der Waals surface area contributed by atoms with Crippen LogP contribution in [0.2, 0.25) is 0 Å². The molecule has 1 fully saturated rings. The van der Waals surface area contributed by atoms with Crippen molar-refractivity contribution in [3.05, 3.63) is 34.1 Å². The van der Waals surface area contributed by atoms with E-state index in [2.05, 4.69) is 5.32 Å². The SMILES string of the molecule is CC(Oc1ccc([N+](=O)[O-])c(F)c1)C(=O)NC1CC1. The molecule has 0 aliphatic heterocycles. The van der Waals surface area contributed by atoms with Crippen molar-refractivity contribution in [2.24, 2.45) is 0 Å².